The van der Waals surface area contributed by atoms with E-state index in [1.807, 2.05) is 31.4 Å². The molecule has 0 bridgehead atoms. The first-order valence-corrected chi connectivity index (χ1v) is 11.0. The molecule has 0 spiro atoms. The number of methoxy groups -OCH3 is 1. The van der Waals surface area contributed by atoms with Gasteiger partial charge in [0.25, 0.3) is 5.91 Å². The van der Waals surface area contributed by atoms with Crippen LogP contribution in [0.2, 0.25) is 0 Å². The van der Waals surface area contributed by atoms with Gasteiger partial charge in [-0.2, -0.15) is 5.10 Å². The Bertz CT molecular complexity index is 933. The third-order valence-electron chi connectivity index (χ3n) is 4.81. The second-order valence-electron chi connectivity index (χ2n) is 7.52. The van der Waals surface area contributed by atoms with Crippen LogP contribution in [-0.2, 0) is 9.53 Å². The number of amides is 3. The van der Waals surface area contributed by atoms with Crippen LogP contribution in [0.1, 0.15) is 36.8 Å². The molecule has 7 nitrogen and oxygen atoms in total. The zero-order valence-corrected chi connectivity index (χ0v) is 18.7. The number of thiophene rings is 1. The summed E-state index contributed by atoms with van der Waals surface area (Å²) in [5.74, 6) is -0.710. The molecule has 2 heterocycles. The Morgan fingerprint density at radius 3 is 2.74 bits per heavy atom. The summed E-state index contributed by atoms with van der Waals surface area (Å²) in [6.45, 7) is 4.12. The van der Waals surface area contributed by atoms with Crippen LogP contribution < -0.4 is 5.32 Å². The monoisotopic (exact) mass is 446 g/mol. The number of carbonyl (C=O) groups is 2. The molecule has 1 aliphatic rings. The van der Waals surface area contributed by atoms with Crippen molar-refractivity contribution in [1.29, 1.82) is 0 Å². The summed E-state index contributed by atoms with van der Waals surface area (Å²) in [7, 11) is 1.54. The Morgan fingerprint density at radius 1 is 1.32 bits per heavy atom. The Morgan fingerprint density at radius 2 is 2.10 bits per heavy atom. The van der Waals surface area contributed by atoms with Crippen LogP contribution in [0, 0.1) is 5.82 Å². The third-order valence-corrected chi connectivity index (χ3v) is 5.79. The van der Waals surface area contributed by atoms with Gasteiger partial charge >= 0.3 is 6.03 Å². The van der Waals surface area contributed by atoms with Gasteiger partial charge in [-0.15, -0.1) is 11.3 Å². The zero-order valence-electron chi connectivity index (χ0n) is 17.9. The summed E-state index contributed by atoms with van der Waals surface area (Å²) >= 11 is 1.52. The van der Waals surface area contributed by atoms with Crippen molar-refractivity contribution in [2.75, 3.05) is 26.8 Å². The van der Waals surface area contributed by atoms with Crippen molar-refractivity contribution < 1.29 is 18.7 Å². The predicted molar refractivity (Wildman–Crippen MR) is 119 cm³/mol. The molecule has 0 radical (unpaired) electrons. The second kappa shape index (κ2) is 10.5. The van der Waals surface area contributed by atoms with Crippen LogP contribution in [0.4, 0.5) is 9.18 Å². The normalized spacial score (nSPS) is 15.8. The van der Waals surface area contributed by atoms with Gasteiger partial charge in [0.05, 0.1) is 18.4 Å². The van der Waals surface area contributed by atoms with E-state index in [9.17, 15) is 14.0 Å². The van der Waals surface area contributed by atoms with E-state index in [2.05, 4.69) is 10.4 Å². The molecular formula is C22H27FN4O3S. The van der Waals surface area contributed by atoms with Gasteiger partial charge in [-0.1, -0.05) is 24.3 Å². The van der Waals surface area contributed by atoms with Crippen LogP contribution in [0.15, 0.2) is 46.9 Å². The molecule has 0 aliphatic carbocycles. The van der Waals surface area contributed by atoms with Crippen LogP contribution >= 0.6 is 11.3 Å². The van der Waals surface area contributed by atoms with E-state index in [-0.39, 0.29) is 42.9 Å². The Balaban J connectivity index is 1.85. The molecule has 3 rings (SSSR count). The van der Waals surface area contributed by atoms with Gasteiger partial charge in [-0.05, 0) is 31.4 Å². The molecule has 31 heavy (non-hydrogen) atoms. The minimum atomic E-state index is -0.376. The Kier molecular flexibility index (Phi) is 7.75. The number of halogens is 1. The lowest BCUT2D eigenvalue weighted by atomic mass is 10.0. The number of nitrogens with zero attached hydrogens (tertiary/aromatic N) is 3. The highest BCUT2D eigenvalue weighted by Crippen LogP contribution is 2.35. The van der Waals surface area contributed by atoms with Crippen molar-refractivity contribution in [3.8, 4) is 0 Å². The molecule has 0 saturated carbocycles. The van der Waals surface area contributed by atoms with Gasteiger partial charge < -0.3 is 15.0 Å². The van der Waals surface area contributed by atoms with Crippen LogP contribution in [0.25, 0.3) is 0 Å². The first-order chi connectivity index (χ1) is 14.9. The van der Waals surface area contributed by atoms with Gasteiger partial charge in [-0.25, -0.2) is 14.2 Å². The number of ether oxygens (including phenoxy) is 1. The number of hydrogen-bond acceptors (Lipinski definition) is 5. The van der Waals surface area contributed by atoms with E-state index in [1.165, 1.54) is 27.3 Å². The first-order valence-electron chi connectivity index (χ1n) is 10.1. The van der Waals surface area contributed by atoms with Crippen molar-refractivity contribution in [1.82, 2.24) is 15.2 Å². The second-order valence-corrected chi connectivity index (χ2v) is 8.50. The highest BCUT2D eigenvalue weighted by Gasteiger charge is 2.35. The summed E-state index contributed by atoms with van der Waals surface area (Å²) in [4.78, 5) is 28.2. The summed E-state index contributed by atoms with van der Waals surface area (Å²) in [5.41, 5.74) is 0.896. The molecule has 0 fully saturated rings. The van der Waals surface area contributed by atoms with Crippen molar-refractivity contribution in [3.05, 3.63) is 58.0 Å². The fourth-order valence-electron chi connectivity index (χ4n) is 3.33. The van der Waals surface area contributed by atoms with Gasteiger partial charge in [-0.3, -0.25) is 4.79 Å². The van der Waals surface area contributed by atoms with Crippen LogP contribution in [0.5, 0.6) is 0 Å². The van der Waals surface area contributed by atoms with E-state index in [1.54, 1.807) is 25.3 Å². The largest absolute Gasteiger partial charge is 0.383 e. The number of nitrogens with one attached hydrogen (secondary N) is 1. The number of carbonyl (C=O) groups excluding carboxylic acids is 2. The van der Waals surface area contributed by atoms with E-state index < -0.39 is 0 Å². The molecule has 1 N–H and O–H groups in total. The molecule has 1 unspecified atom stereocenters. The SMILES string of the molecule is COCCN(CC(=O)N1N=C(c2ccccc2F)CC1c1cccs1)C(=O)NC(C)C. The third kappa shape index (κ3) is 5.68. The smallest absolute Gasteiger partial charge is 0.318 e. The minimum Gasteiger partial charge on any atom is -0.383 e. The average molecular weight is 447 g/mol. The molecule has 1 aliphatic heterocycles. The van der Waals surface area contributed by atoms with Gasteiger partial charge in [0.2, 0.25) is 0 Å². The van der Waals surface area contributed by atoms with E-state index in [0.29, 0.717) is 24.3 Å². The number of urea groups is 1. The van der Waals surface area contributed by atoms with Crippen molar-refractivity contribution in [2.24, 2.45) is 5.10 Å². The number of hydrogen-bond donors (Lipinski definition) is 1. The van der Waals surface area contributed by atoms with E-state index in [4.69, 9.17) is 4.74 Å². The standard InChI is InChI=1S/C22H27FN4O3S/c1-15(2)24-22(29)26(10-11-30-3)14-21(28)27-19(20-9-6-12-31-20)13-18(25-27)16-7-4-5-8-17(16)23/h4-9,12,15,19H,10-11,13-14H2,1-3H3,(H,24,29). The maximum atomic E-state index is 14.4. The number of hydrazone groups is 1. The number of rotatable bonds is 8. The maximum Gasteiger partial charge on any atom is 0.318 e. The summed E-state index contributed by atoms with van der Waals surface area (Å²) in [6, 6.07) is 9.51. The molecular weight excluding hydrogens is 419 g/mol. The summed E-state index contributed by atoms with van der Waals surface area (Å²) in [5, 5.41) is 10.6. The van der Waals surface area contributed by atoms with Crippen LogP contribution in [0.3, 0.4) is 0 Å². The molecule has 1 aromatic heterocycles. The molecule has 2 aromatic rings. The quantitative estimate of drug-likeness (QED) is 0.673. The van der Waals surface area contributed by atoms with Crippen molar-refractivity contribution in [3.63, 3.8) is 0 Å². The fraction of sp³-hybridized carbons (Fsp3) is 0.409. The fourth-order valence-corrected chi connectivity index (χ4v) is 4.14. The van der Waals surface area contributed by atoms with Crippen molar-refractivity contribution >= 4 is 29.0 Å². The molecule has 1 atom stereocenters. The first kappa shape index (κ1) is 22.9. The highest BCUT2D eigenvalue weighted by molar-refractivity contribution is 7.10. The van der Waals surface area contributed by atoms with E-state index in [0.717, 1.165) is 4.88 Å². The number of benzene rings is 1. The summed E-state index contributed by atoms with van der Waals surface area (Å²) in [6.07, 6.45) is 0.406. The molecule has 9 heteroatoms. The Hall–Kier alpha value is -2.78. The molecule has 3 amide bonds. The van der Waals surface area contributed by atoms with Gasteiger partial charge in [0.15, 0.2) is 0 Å². The lowest BCUT2D eigenvalue weighted by Crippen LogP contribution is -2.48. The summed E-state index contributed by atoms with van der Waals surface area (Å²) < 4.78 is 19.4. The minimum absolute atomic E-state index is 0.0658. The van der Waals surface area contributed by atoms with Crippen LogP contribution in [-0.4, -0.2) is 60.4 Å². The Labute approximate surface area is 185 Å². The zero-order chi connectivity index (χ0) is 22.4. The van der Waals surface area contributed by atoms with Crippen molar-refractivity contribution in [2.45, 2.75) is 32.4 Å². The predicted octanol–water partition coefficient (Wildman–Crippen LogP) is 3.63. The highest BCUT2D eigenvalue weighted by atomic mass is 32.1. The molecule has 166 valence electrons. The van der Waals surface area contributed by atoms with Gasteiger partial charge in [0, 0.05) is 36.6 Å². The molecule has 0 saturated heterocycles. The lowest BCUT2D eigenvalue weighted by molar-refractivity contribution is -0.133. The maximum absolute atomic E-state index is 14.4. The average Bonchev–Trinajstić information content (AvgIpc) is 3.40. The van der Waals surface area contributed by atoms with Gasteiger partial charge in [0.1, 0.15) is 12.4 Å². The topological polar surface area (TPSA) is 74.2 Å². The lowest BCUT2D eigenvalue weighted by Gasteiger charge is -2.27. The molecule has 1 aromatic carbocycles. The van der Waals surface area contributed by atoms with E-state index >= 15 is 0 Å².